The number of aliphatic imine (C=N–C) groups is 1. The number of nitrogens with two attached hydrogens (primary N) is 1. The van der Waals surface area contributed by atoms with E-state index < -0.39 is 5.83 Å². The Morgan fingerprint density at radius 3 is 2.74 bits per heavy atom. The van der Waals surface area contributed by atoms with Crippen molar-refractivity contribution in [2.75, 3.05) is 20.1 Å². The van der Waals surface area contributed by atoms with Gasteiger partial charge in [0, 0.05) is 32.5 Å². The lowest BCUT2D eigenvalue weighted by Gasteiger charge is -2.20. The van der Waals surface area contributed by atoms with Gasteiger partial charge in [0.15, 0.2) is 0 Å². The predicted octanol–water partition coefficient (Wildman–Crippen LogP) is 3.46. The summed E-state index contributed by atoms with van der Waals surface area (Å²) in [6, 6.07) is 0. The molecule has 0 spiro atoms. The molecule has 148 valence electrons. The van der Waals surface area contributed by atoms with Crippen LogP contribution in [0.15, 0.2) is 52.2 Å². The second kappa shape index (κ2) is 13.7. The Hall–Kier alpha value is -2.52. The van der Waals surface area contributed by atoms with Gasteiger partial charge in [-0.2, -0.15) is 0 Å². The Bertz CT molecular complexity index is 711. The van der Waals surface area contributed by atoms with Crippen LogP contribution in [0.5, 0.6) is 0 Å². The van der Waals surface area contributed by atoms with Crippen LogP contribution in [0.2, 0.25) is 0 Å². The average molecular weight is 395 g/mol. The molecular weight excluding hydrogens is 367 g/mol. The molecule has 27 heavy (non-hydrogen) atoms. The molecule has 0 saturated carbocycles. The van der Waals surface area contributed by atoms with Gasteiger partial charge in [-0.1, -0.05) is 49.4 Å². The van der Waals surface area contributed by atoms with Crippen LogP contribution in [-0.2, 0) is 4.79 Å². The smallest absolute Gasteiger partial charge is 0.271 e. The highest BCUT2D eigenvalue weighted by atomic mass is 35.5. The van der Waals surface area contributed by atoms with Gasteiger partial charge in [-0.25, -0.2) is 4.39 Å². The normalized spacial score (nSPS) is 16.9. The van der Waals surface area contributed by atoms with Gasteiger partial charge in [-0.15, -0.1) is 0 Å². The molecule has 1 aliphatic carbocycles. The highest BCUT2D eigenvalue weighted by Gasteiger charge is 2.19. The van der Waals surface area contributed by atoms with E-state index in [0.29, 0.717) is 18.0 Å². The maximum absolute atomic E-state index is 13.4. The number of hydrogen-bond acceptors (Lipinski definition) is 4. The first-order chi connectivity index (χ1) is 12.9. The maximum atomic E-state index is 13.4. The number of amides is 1. The van der Waals surface area contributed by atoms with Crippen LogP contribution in [0.1, 0.15) is 27.7 Å². The Morgan fingerprint density at radius 2 is 2.19 bits per heavy atom. The van der Waals surface area contributed by atoms with E-state index in [1.54, 1.807) is 30.3 Å². The molecule has 0 saturated heterocycles. The number of nitrogens with one attached hydrogen (secondary N) is 1. The lowest BCUT2D eigenvalue weighted by Crippen LogP contribution is -2.37. The fourth-order valence-electron chi connectivity index (χ4n) is 2.09. The Balaban J connectivity index is 0.00000326. The maximum Gasteiger partial charge on any atom is 0.271 e. The van der Waals surface area contributed by atoms with Crippen LogP contribution < -0.4 is 11.1 Å². The van der Waals surface area contributed by atoms with Crippen LogP contribution in [0, 0.1) is 17.8 Å². The summed E-state index contributed by atoms with van der Waals surface area (Å²) in [5.74, 6) is 4.06. The minimum absolute atomic E-state index is 0.135. The first-order valence-corrected chi connectivity index (χ1v) is 9.17. The molecule has 1 atom stereocenters. The van der Waals surface area contributed by atoms with Crippen molar-refractivity contribution in [2.24, 2.45) is 16.6 Å². The van der Waals surface area contributed by atoms with Crippen LogP contribution in [0.25, 0.3) is 0 Å². The van der Waals surface area contributed by atoms with Crippen LogP contribution >= 0.6 is 11.6 Å². The zero-order chi connectivity index (χ0) is 20.8. The summed E-state index contributed by atoms with van der Waals surface area (Å²) in [4.78, 5) is 18.5. The van der Waals surface area contributed by atoms with E-state index >= 15 is 0 Å². The lowest BCUT2D eigenvalue weighted by atomic mass is 10.1. The van der Waals surface area contributed by atoms with E-state index in [1.807, 2.05) is 27.7 Å². The molecule has 0 aromatic carbocycles. The third kappa shape index (κ3) is 8.14. The number of carbonyl (C=O) groups is 1. The zero-order valence-corrected chi connectivity index (χ0v) is 17.3. The highest BCUT2D eigenvalue weighted by molar-refractivity contribution is 6.45. The Labute approximate surface area is 166 Å². The van der Waals surface area contributed by atoms with E-state index in [9.17, 15) is 9.18 Å². The molecule has 1 unspecified atom stereocenters. The van der Waals surface area contributed by atoms with Crippen LogP contribution in [0.4, 0.5) is 4.39 Å². The molecule has 0 heterocycles. The molecule has 3 N–H and O–H groups in total. The second-order valence-electron chi connectivity index (χ2n) is 5.06. The SMILES string of the molecule is C/C=C(\C(=NCC)C(=O)NCC1C#CC(Cl)=C(F)C=C1)N(C)/C=C/N.CC. The highest BCUT2D eigenvalue weighted by Crippen LogP contribution is 2.15. The van der Waals surface area contributed by atoms with E-state index in [4.69, 9.17) is 17.3 Å². The molecule has 0 aromatic heterocycles. The van der Waals surface area contributed by atoms with Gasteiger partial charge >= 0.3 is 0 Å². The summed E-state index contributed by atoms with van der Waals surface area (Å²) >= 11 is 5.66. The average Bonchev–Trinajstić information content (AvgIpc) is 2.83. The summed E-state index contributed by atoms with van der Waals surface area (Å²) < 4.78 is 13.4. The Morgan fingerprint density at radius 1 is 1.52 bits per heavy atom. The molecule has 1 rings (SSSR count). The van der Waals surface area contributed by atoms with E-state index in [0.717, 1.165) is 0 Å². The summed E-state index contributed by atoms with van der Waals surface area (Å²) in [7, 11) is 1.77. The number of allylic oxidation sites excluding steroid dienone is 4. The van der Waals surface area contributed by atoms with Crippen molar-refractivity contribution in [1.82, 2.24) is 10.2 Å². The Kier molecular flexibility index (Phi) is 12.4. The standard InChI is InChI=1S/C18H22ClFN4O.C2H6/c1-4-16(24(3)11-10-21)17(22-5-2)18(25)23-12-13-6-8-14(19)15(20)9-7-13;1-2/h4,7,9-11,13H,5,12,21H2,1-3H3,(H,23,25);1-2H3/b11-10+,16-4+,22-17?;. The lowest BCUT2D eigenvalue weighted by molar-refractivity contribution is -0.114. The van der Waals surface area contributed by atoms with Crippen molar-refractivity contribution >= 4 is 23.2 Å². The quantitative estimate of drug-likeness (QED) is 0.513. The third-order valence-electron chi connectivity index (χ3n) is 3.27. The number of carbonyl (C=O) groups excluding carboxylic acids is 1. The van der Waals surface area contributed by atoms with Gasteiger partial charge in [0.1, 0.15) is 16.6 Å². The zero-order valence-electron chi connectivity index (χ0n) is 16.5. The van der Waals surface area contributed by atoms with E-state index in [2.05, 4.69) is 22.2 Å². The minimum atomic E-state index is -0.581. The van der Waals surface area contributed by atoms with Gasteiger partial charge in [0.05, 0.1) is 11.6 Å². The van der Waals surface area contributed by atoms with Crippen molar-refractivity contribution in [1.29, 1.82) is 0 Å². The fraction of sp³-hybridized carbons (Fsp3) is 0.400. The second-order valence-corrected chi connectivity index (χ2v) is 5.43. The molecule has 0 bridgehead atoms. The number of hydrogen-bond donors (Lipinski definition) is 2. The molecule has 7 heteroatoms. The largest absolute Gasteiger partial charge is 0.403 e. The number of rotatable bonds is 7. The van der Waals surface area contributed by atoms with Gasteiger partial charge in [0.2, 0.25) is 0 Å². The predicted molar refractivity (Wildman–Crippen MR) is 112 cm³/mol. The van der Waals surface area contributed by atoms with Crippen molar-refractivity contribution < 1.29 is 9.18 Å². The van der Waals surface area contributed by atoms with Gasteiger partial charge in [-0.05, 0) is 19.9 Å². The fourth-order valence-corrected chi connectivity index (χ4v) is 2.20. The molecule has 1 amide bonds. The summed E-state index contributed by atoms with van der Waals surface area (Å²) in [6.45, 7) is 8.32. The topological polar surface area (TPSA) is 70.7 Å². The van der Waals surface area contributed by atoms with Crippen molar-refractivity contribution in [2.45, 2.75) is 27.7 Å². The van der Waals surface area contributed by atoms with Gasteiger partial charge < -0.3 is 16.0 Å². The number of halogens is 2. The van der Waals surface area contributed by atoms with E-state index in [1.165, 1.54) is 12.3 Å². The molecule has 0 aliphatic heterocycles. The van der Waals surface area contributed by atoms with Crippen LogP contribution in [-0.4, -0.2) is 36.7 Å². The van der Waals surface area contributed by atoms with E-state index in [-0.39, 0.29) is 23.4 Å². The summed E-state index contributed by atoms with van der Waals surface area (Å²) in [5, 5.41) is 2.64. The third-order valence-corrected chi connectivity index (χ3v) is 3.55. The number of nitrogens with zero attached hydrogens (tertiary/aromatic N) is 2. The molecule has 1 aliphatic rings. The minimum Gasteiger partial charge on any atom is -0.403 e. The molecule has 0 radical (unpaired) electrons. The molecule has 5 nitrogen and oxygen atoms in total. The first-order valence-electron chi connectivity index (χ1n) is 8.80. The molecule has 0 aromatic rings. The molecule has 0 fully saturated rings. The van der Waals surface area contributed by atoms with Gasteiger partial charge in [0.25, 0.3) is 5.91 Å². The monoisotopic (exact) mass is 394 g/mol. The summed E-state index contributed by atoms with van der Waals surface area (Å²) in [5.41, 5.74) is 6.32. The van der Waals surface area contributed by atoms with Crippen molar-refractivity contribution in [3.8, 4) is 11.8 Å². The first kappa shape index (κ1) is 24.5. The summed E-state index contributed by atoms with van der Waals surface area (Å²) in [6.07, 6.45) is 7.59. The van der Waals surface area contributed by atoms with Gasteiger partial charge in [-0.3, -0.25) is 9.79 Å². The van der Waals surface area contributed by atoms with Crippen molar-refractivity contribution in [3.63, 3.8) is 0 Å². The van der Waals surface area contributed by atoms with Crippen molar-refractivity contribution in [3.05, 3.63) is 47.2 Å². The molecular formula is C20H28ClFN4O. The van der Waals surface area contributed by atoms with Crippen LogP contribution in [0.3, 0.4) is 0 Å².